The maximum Gasteiger partial charge on any atom is 0.246 e. The number of carbonyl (C=O) groups is 1. The molecule has 0 aliphatic carbocycles. The first-order valence-corrected chi connectivity index (χ1v) is 7.20. The van der Waals surface area contributed by atoms with Crippen LogP contribution in [0.5, 0.6) is 5.75 Å². The number of alkyl halides is 1. The minimum atomic E-state index is -3.59. The molecule has 1 rings (SSSR count). The third kappa shape index (κ3) is 4.80. The second-order valence-corrected chi connectivity index (χ2v) is 5.69. The minimum Gasteiger partial charge on any atom is -0.491 e. The molecule has 0 fully saturated rings. The molecule has 0 unspecified atom stereocenters. The highest BCUT2D eigenvalue weighted by Gasteiger charge is 2.11. The van der Waals surface area contributed by atoms with Gasteiger partial charge in [-0.2, -0.15) is 0 Å². The predicted molar refractivity (Wildman–Crippen MR) is 69.0 cm³/mol. The Balaban J connectivity index is 2.76. The van der Waals surface area contributed by atoms with Crippen molar-refractivity contribution in [3.8, 4) is 5.75 Å². The summed E-state index contributed by atoms with van der Waals surface area (Å²) >= 11 is 5.29. The van der Waals surface area contributed by atoms with E-state index in [1.165, 1.54) is 6.07 Å². The van der Waals surface area contributed by atoms with Crippen LogP contribution in [-0.2, 0) is 14.8 Å². The average molecular weight is 293 g/mol. The van der Waals surface area contributed by atoms with Gasteiger partial charge in [-0.1, -0.05) is 12.1 Å². The van der Waals surface area contributed by atoms with Gasteiger partial charge in [0.05, 0.1) is 18.7 Å². The Morgan fingerprint density at radius 2 is 2.06 bits per heavy atom. The molecular formula is C10H13ClN2O4S. The van der Waals surface area contributed by atoms with Crippen molar-refractivity contribution in [2.45, 2.75) is 6.42 Å². The van der Waals surface area contributed by atoms with Crippen LogP contribution in [0, 0.1) is 0 Å². The van der Waals surface area contributed by atoms with Gasteiger partial charge >= 0.3 is 0 Å². The van der Waals surface area contributed by atoms with E-state index >= 15 is 0 Å². The molecule has 0 aromatic heterocycles. The molecule has 8 heteroatoms. The predicted octanol–water partition coefficient (Wildman–Crippen LogP) is 0.879. The molecule has 6 nitrogen and oxygen atoms in total. The molecule has 0 spiro atoms. The van der Waals surface area contributed by atoms with E-state index in [-0.39, 0.29) is 18.7 Å². The second-order valence-electron chi connectivity index (χ2n) is 3.39. The number of benzene rings is 1. The Labute approximate surface area is 110 Å². The van der Waals surface area contributed by atoms with Crippen LogP contribution in [0.1, 0.15) is 6.42 Å². The number of nitrogens with two attached hydrogens (primary N) is 1. The SMILES string of the molecule is NC(=O)CCOc1ccccc1NS(=O)(=O)CCl. The Morgan fingerprint density at radius 1 is 1.39 bits per heavy atom. The number of para-hydroxylation sites is 2. The number of rotatable bonds is 7. The van der Waals surface area contributed by atoms with Crippen molar-refractivity contribution < 1.29 is 17.9 Å². The molecular weight excluding hydrogens is 280 g/mol. The van der Waals surface area contributed by atoms with Gasteiger partial charge in [0.15, 0.2) is 0 Å². The summed E-state index contributed by atoms with van der Waals surface area (Å²) in [4.78, 5) is 10.6. The first kappa shape index (κ1) is 14.6. The van der Waals surface area contributed by atoms with E-state index in [0.29, 0.717) is 5.75 Å². The summed E-state index contributed by atoms with van der Waals surface area (Å²) in [5.41, 5.74) is 5.24. The third-order valence-electron chi connectivity index (χ3n) is 1.90. The van der Waals surface area contributed by atoms with Gasteiger partial charge in [-0.25, -0.2) is 8.42 Å². The van der Waals surface area contributed by atoms with Gasteiger partial charge in [0.25, 0.3) is 0 Å². The lowest BCUT2D eigenvalue weighted by atomic mass is 10.3. The fraction of sp³-hybridized carbons (Fsp3) is 0.300. The van der Waals surface area contributed by atoms with Gasteiger partial charge in [0.2, 0.25) is 15.9 Å². The number of nitrogens with one attached hydrogen (secondary N) is 1. The second kappa shape index (κ2) is 6.46. The number of hydrogen-bond donors (Lipinski definition) is 2. The van der Waals surface area contributed by atoms with Crippen molar-refractivity contribution in [3.63, 3.8) is 0 Å². The maximum absolute atomic E-state index is 11.3. The van der Waals surface area contributed by atoms with Crippen LogP contribution in [0.2, 0.25) is 0 Å². The van der Waals surface area contributed by atoms with Crippen molar-refractivity contribution in [1.82, 2.24) is 0 Å². The Kier molecular flexibility index (Phi) is 5.24. The van der Waals surface area contributed by atoms with Crippen LogP contribution < -0.4 is 15.2 Å². The highest BCUT2D eigenvalue weighted by Crippen LogP contribution is 2.25. The van der Waals surface area contributed by atoms with Crippen LogP contribution in [0.15, 0.2) is 24.3 Å². The summed E-state index contributed by atoms with van der Waals surface area (Å²) in [6.07, 6.45) is 0.0522. The first-order chi connectivity index (χ1) is 8.44. The number of amides is 1. The van der Waals surface area contributed by atoms with Crippen molar-refractivity contribution in [2.24, 2.45) is 5.73 Å². The minimum absolute atomic E-state index is 0.0522. The molecule has 3 N–H and O–H groups in total. The monoisotopic (exact) mass is 292 g/mol. The molecule has 0 aliphatic heterocycles. The largest absolute Gasteiger partial charge is 0.491 e. The number of anilines is 1. The maximum atomic E-state index is 11.3. The fourth-order valence-corrected chi connectivity index (χ4v) is 1.86. The molecule has 0 atom stereocenters. The molecule has 0 heterocycles. The van der Waals surface area contributed by atoms with E-state index in [2.05, 4.69) is 4.72 Å². The van der Waals surface area contributed by atoms with Crippen LogP contribution in [0.4, 0.5) is 5.69 Å². The molecule has 0 aliphatic rings. The highest BCUT2D eigenvalue weighted by atomic mass is 35.5. The molecule has 0 saturated heterocycles. The fourth-order valence-electron chi connectivity index (χ4n) is 1.13. The zero-order chi connectivity index (χ0) is 13.6. The molecule has 0 radical (unpaired) electrons. The third-order valence-corrected chi connectivity index (χ3v) is 3.58. The number of primary amides is 1. The highest BCUT2D eigenvalue weighted by molar-refractivity contribution is 7.93. The molecule has 0 saturated carbocycles. The summed E-state index contributed by atoms with van der Waals surface area (Å²) in [5.74, 6) is -0.179. The summed E-state index contributed by atoms with van der Waals surface area (Å²) in [6.45, 7) is 0.0783. The van der Waals surface area contributed by atoms with Gasteiger partial charge < -0.3 is 10.5 Å². The molecule has 100 valence electrons. The molecule has 0 bridgehead atoms. The lowest BCUT2D eigenvalue weighted by Gasteiger charge is -2.11. The molecule has 1 amide bonds. The van der Waals surface area contributed by atoms with E-state index < -0.39 is 21.1 Å². The molecule has 18 heavy (non-hydrogen) atoms. The molecule has 1 aromatic carbocycles. The first-order valence-electron chi connectivity index (χ1n) is 5.01. The van der Waals surface area contributed by atoms with Crippen molar-refractivity contribution >= 4 is 33.2 Å². The van der Waals surface area contributed by atoms with Gasteiger partial charge in [0, 0.05) is 0 Å². The summed E-state index contributed by atoms with van der Waals surface area (Å²) < 4.78 is 30.2. The van der Waals surface area contributed by atoms with E-state index in [4.69, 9.17) is 22.1 Å². The Bertz CT molecular complexity index is 518. The topological polar surface area (TPSA) is 98.5 Å². The van der Waals surface area contributed by atoms with Crippen LogP contribution in [0.3, 0.4) is 0 Å². The van der Waals surface area contributed by atoms with Crippen molar-refractivity contribution in [3.05, 3.63) is 24.3 Å². The standard InChI is InChI=1S/C10H13ClN2O4S/c11-7-18(15,16)13-8-3-1-2-4-9(8)17-6-5-10(12)14/h1-4,13H,5-7H2,(H2,12,14). The number of sulfonamides is 1. The summed E-state index contributed by atoms with van der Waals surface area (Å²) in [5, 5.41) is -0.553. The van der Waals surface area contributed by atoms with Gasteiger partial charge in [-0.05, 0) is 12.1 Å². The zero-order valence-corrected chi connectivity index (χ0v) is 11.0. The van der Waals surface area contributed by atoms with Crippen LogP contribution in [-0.4, -0.2) is 26.1 Å². The Hall–Kier alpha value is -1.47. The van der Waals surface area contributed by atoms with E-state index in [9.17, 15) is 13.2 Å². The lowest BCUT2D eigenvalue weighted by molar-refractivity contribution is -0.118. The average Bonchev–Trinajstić information content (AvgIpc) is 2.30. The number of carbonyl (C=O) groups excluding carboxylic acids is 1. The van der Waals surface area contributed by atoms with Crippen molar-refractivity contribution in [2.75, 3.05) is 16.5 Å². The number of hydrogen-bond acceptors (Lipinski definition) is 4. The van der Waals surface area contributed by atoms with Gasteiger partial charge in [-0.15, -0.1) is 11.6 Å². The zero-order valence-electron chi connectivity index (χ0n) is 9.43. The van der Waals surface area contributed by atoms with Crippen LogP contribution >= 0.6 is 11.6 Å². The summed E-state index contributed by atoms with van der Waals surface area (Å²) in [7, 11) is -3.59. The normalized spacial score (nSPS) is 10.9. The van der Waals surface area contributed by atoms with Gasteiger partial charge in [0.1, 0.15) is 11.0 Å². The Morgan fingerprint density at radius 3 is 2.67 bits per heavy atom. The van der Waals surface area contributed by atoms with E-state index in [1.807, 2.05) is 0 Å². The quantitative estimate of drug-likeness (QED) is 0.729. The van der Waals surface area contributed by atoms with Crippen LogP contribution in [0.25, 0.3) is 0 Å². The van der Waals surface area contributed by atoms with E-state index in [0.717, 1.165) is 0 Å². The van der Waals surface area contributed by atoms with Crippen molar-refractivity contribution in [1.29, 1.82) is 0 Å². The number of halogens is 1. The summed E-state index contributed by atoms with van der Waals surface area (Å²) in [6, 6.07) is 6.43. The smallest absolute Gasteiger partial charge is 0.246 e. The lowest BCUT2D eigenvalue weighted by Crippen LogP contribution is -2.16. The van der Waals surface area contributed by atoms with Gasteiger partial charge in [-0.3, -0.25) is 9.52 Å². The van der Waals surface area contributed by atoms with E-state index in [1.54, 1.807) is 18.2 Å². The number of ether oxygens (including phenoxy) is 1. The molecule has 1 aromatic rings.